The molecule has 0 fully saturated rings. The second-order valence-corrected chi connectivity index (χ2v) is 9.45. The van der Waals surface area contributed by atoms with Crippen LogP contribution in [0.25, 0.3) is 22.3 Å². The van der Waals surface area contributed by atoms with Crippen LogP contribution in [0.2, 0.25) is 0 Å². The van der Waals surface area contributed by atoms with Crippen LogP contribution in [-0.2, 0) is 20.2 Å². The minimum Gasteiger partial charge on any atom is -0.744 e. The Balaban J connectivity index is 0.000000227. The predicted molar refractivity (Wildman–Crippen MR) is 125 cm³/mol. The van der Waals surface area contributed by atoms with Gasteiger partial charge in [-0.15, -0.1) is 0 Å². The van der Waals surface area contributed by atoms with Gasteiger partial charge < -0.3 is 9.11 Å². The Kier molecular flexibility index (Phi) is 9.81. The van der Waals surface area contributed by atoms with Crippen LogP contribution >= 0.6 is 0 Å². The molecular formula is C24H18CaO6S2. The van der Waals surface area contributed by atoms with Crippen LogP contribution in [0.15, 0.2) is 119 Å². The summed E-state index contributed by atoms with van der Waals surface area (Å²) in [6, 6.07) is 30.9. The van der Waals surface area contributed by atoms with Crippen LogP contribution in [0.5, 0.6) is 0 Å². The zero-order chi connectivity index (χ0) is 23.2. The number of hydrogen-bond donors (Lipinski definition) is 0. The molecule has 9 heteroatoms. The molecular weight excluding hydrogens is 488 g/mol. The maximum atomic E-state index is 10.7. The van der Waals surface area contributed by atoms with E-state index in [2.05, 4.69) is 0 Å². The van der Waals surface area contributed by atoms with Gasteiger partial charge in [-0.1, -0.05) is 84.9 Å². The first-order chi connectivity index (χ1) is 15.1. The van der Waals surface area contributed by atoms with Crippen molar-refractivity contribution in [1.82, 2.24) is 0 Å². The van der Waals surface area contributed by atoms with Gasteiger partial charge in [0.15, 0.2) is 0 Å². The van der Waals surface area contributed by atoms with E-state index in [9.17, 15) is 25.9 Å². The molecule has 164 valence electrons. The Morgan fingerprint density at radius 2 is 0.636 bits per heavy atom. The molecule has 4 aromatic carbocycles. The summed E-state index contributed by atoms with van der Waals surface area (Å²) >= 11 is 0. The van der Waals surface area contributed by atoms with Crippen molar-refractivity contribution in [2.24, 2.45) is 0 Å². The van der Waals surface area contributed by atoms with Crippen LogP contribution in [0.4, 0.5) is 0 Å². The van der Waals surface area contributed by atoms with Crippen LogP contribution in [0.1, 0.15) is 0 Å². The molecule has 0 bridgehead atoms. The third-order valence-electron chi connectivity index (χ3n) is 4.50. The van der Waals surface area contributed by atoms with Crippen LogP contribution in [0, 0.1) is 0 Å². The smallest absolute Gasteiger partial charge is 0.744 e. The summed E-state index contributed by atoms with van der Waals surface area (Å²) in [5.74, 6) is 0. The molecule has 0 heterocycles. The summed E-state index contributed by atoms with van der Waals surface area (Å²) in [6.45, 7) is 0. The van der Waals surface area contributed by atoms with E-state index in [-0.39, 0.29) is 47.5 Å². The molecule has 6 nitrogen and oxygen atoms in total. The van der Waals surface area contributed by atoms with E-state index in [4.69, 9.17) is 0 Å². The number of hydrogen-bond acceptors (Lipinski definition) is 6. The molecule has 0 aromatic heterocycles. The topological polar surface area (TPSA) is 114 Å². The summed E-state index contributed by atoms with van der Waals surface area (Å²) in [5, 5.41) is 0. The molecule has 0 spiro atoms. The Morgan fingerprint density at radius 3 is 0.879 bits per heavy atom. The normalized spacial score (nSPS) is 11.0. The zero-order valence-electron chi connectivity index (χ0n) is 17.4. The minimum atomic E-state index is -4.35. The van der Waals surface area contributed by atoms with Crippen LogP contribution in [-0.4, -0.2) is 63.7 Å². The number of rotatable bonds is 4. The van der Waals surface area contributed by atoms with Crippen molar-refractivity contribution < 1.29 is 25.9 Å². The maximum Gasteiger partial charge on any atom is 2.00 e. The Bertz CT molecular complexity index is 1260. The van der Waals surface area contributed by atoms with Crippen molar-refractivity contribution >= 4 is 58.0 Å². The molecule has 0 saturated heterocycles. The van der Waals surface area contributed by atoms with Gasteiger partial charge in [0.05, 0.1) is 9.79 Å². The van der Waals surface area contributed by atoms with Crippen LogP contribution < -0.4 is 0 Å². The molecule has 0 radical (unpaired) electrons. The monoisotopic (exact) mass is 506 g/mol. The summed E-state index contributed by atoms with van der Waals surface area (Å²) in [5.41, 5.74) is 3.73. The van der Waals surface area contributed by atoms with E-state index in [0.717, 1.165) is 22.3 Å². The fourth-order valence-electron chi connectivity index (χ4n) is 2.89. The molecule has 0 unspecified atom stereocenters. The fraction of sp³-hybridized carbons (Fsp3) is 0. The standard InChI is InChI=1S/2C12H10O3S.Ca/c2*13-16(14,15)12-8-6-11(7-9-12)10-4-2-1-3-5-10;/h2*1-9H,(H,13,14,15);/q;;+2/p-2. The van der Waals surface area contributed by atoms with Gasteiger partial charge in [0.25, 0.3) is 0 Å². The second-order valence-electron chi connectivity index (χ2n) is 6.69. The second kappa shape index (κ2) is 11.9. The molecule has 0 saturated carbocycles. The molecule has 4 aromatic rings. The number of benzene rings is 4. The fourth-order valence-corrected chi connectivity index (χ4v) is 3.83. The largest absolute Gasteiger partial charge is 2.00 e. The van der Waals surface area contributed by atoms with Gasteiger partial charge in [0, 0.05) is 0 Å². The van der Waals surface area contributed by atoms with Gasteiger partial charge in [-0.05, 0) is 46.5 Å². The first-order valence-corrected chi connectivity index (χ1v) is 12.2. The van der Waals surface area contributed by atoms with Crippen molar-refractivity contribution in [3.63, 3.8) is 0 Å². The van der Waals surface area contributed by atoms with Crippen LogP contribution in [0.3, 0.4) is 0 Å². The Morgan fingerprint density at radius 1 is 0.394 bits per heavy atom. The Hall–Kier alpha value is -2.04. The first-order valence-electron chi connectivity index (χ1n) is 9.37. The molecule has 0 aliphatic heterocycles. The molecule has 0 atom stereocenters. The summed E-state index contributed by atoms with van der Waals surface area (Å²) < 4.78 is 64.4. The quantitative estimate of drug-likeness (QED) is 0.304. The van der Waals surface area contributed by atoms with E-state index in [1.807, 2.05) is 60.7 Å². The van der Waals surface area contributed by atoms with E-state index in [1.54, 1.807) is 24.3 Å². The summed E-state index contributed by atoms with van der Waals surface area (Å²) in [4.78, 5) is -0.403. The third-order valence-corrected chi connectivity index (χ3v) is 6.20. The molecule has 0 aliphatic carbocycles. The molecule has 0 N–H and O–H groups in total. The zero-order valence-corrected chi connectivity index (χ0v) is 21.2. The van der Waals surface area contributed by atoms with Crippen molar-refractivity contribution in [3.05, 3.63) is 109 Å². The molecule has 0 amide bonds. The van der Waals surface area contributed by atoms with E-state index < -0.39 is 20.2 Å². The van der Waals surface area contributed by atoms with E-state index in [0.29, 0.717) is 0 Å². The first kappa shape index (κ1) is 27.2. The summed E-state index contributed by atoms with van der Waals surface area (Å²) in [7, 11) is -8.70. The van der Waals surface area contributed by atoms with Crippen molar-refractivity contribution in [2.75, 3.05) is 0 Å². The molecule has 33 heavy (non-hydrogen) atoms. The van der Waals surface area contributed by atoms with Gasteiger partial charge in [-0.2, -0.15) is 0 Å². The van der Waals surface area contributed by atoms with Crippen molar-refractivity contribution in [3.8, 4) is 22.3 Å². The Labute approximate surface area is 223 Å². The van der Waals surface area contributed by atoms with Gasteiger partial charge >= 0.3 is 37.7 Å². The predicted octanol–water partition coefficient (Wildman–Crippen LogP) is 4.13. The third kappa shape index (κ3) is 8.04. The molecule has 4 rings (SSSR count). The van der Waals surface area contributed by atoms with Gasteiger partial charge in [-0.3, -0.25) is 0 Å². The van der Waals surface area contributed by atoms with Gasteiger partial charge in [0.2, 0.25) is 0 Å². The SMILES string of the molecule is O=S(=O)([O-])c1ccc(-c2ccccc2)cc1.O=S(=O)([O-])c1ccc(-c2ccccc2)cc1.[Ca+2]. The molecule has 0 aliphatic rings. The average molecular weight is 507 g/mol. The van der Waals surface area contributed by atoms with Gasteiger partial charge in [0.1, 0.15) is 20.2 Å². The van der Waals surface area contributed by atoms with E-state index in [1.165, 1.54) is 24.3 Å². The average Bonchev–Trinajstić information content (AvgIpc) is 2.80. The van der Waals surface area contributed by atoms with E-state index >= 15 is 0 Å². The minimum absolute atomic E-state index is 0. The van der Waals surface area contributed by atoms with Crippen molar-refractivity contribution in [1.29, 1.82) is 0 Å². The van der Waals surface area contributed by atoms with Gasteiger partial charge in [-0.25, -0.2) is 16.8 Å². The summed E-state index contributed by atoms with van der Waals surface area (Å²) in [6.07, 6.45) is 0. The van der Waals surface area contributed by atoms with Crippen molar-refractivity contribution in [2.45, 2.75) is 9.79 Å². The maximum absolute atomic E-state index is 10.7.